The van der Waals surface area contributed by atoms with Crippen LogP contribution >= 0.6 is 0 Å². The number of carboxylic acid groups (broad SMARTS) is 1. The lowest BCUT2D eigenvalue weighted by Gasteiger charge is -2.52. The van der Waals surface area contributed by atoms with Crippen molar-refractivity contribution in [3.8, 4) is 0 Å². The van der Waals surface area contributed by atoms with Crippen molar-refractivity contribution < 1.29 is 9.90 Å². The molecular formula is C24H34O2. The molecule has 4 atom stereocenters. The van der Waals surface area contributed by atoms with Crippen molar-refractivity contribution in [2.75, 3.05) is 0 Å². The normalized spacial score (nSPS) is 33.5. The zero-order valence-corrected chi connectivity index (χ0v) is 17.2. The van der Waals surface area contributed by atoms with Gasteiger partial charge in [-0.1, -0.05) is 70.6 Å². The second kappa shape index (κ2) is 6.55. The molecule has 142 valence electrons. The third-order valence-corrected chi connectivity index (χ3v) is 7.36. The topological polar surface area (TPSA) is 37.3 Å². The van der Waals surface area contributed by atoms with Crippen molar-refractivity contribution in [3.63, 3.8) is 0 Å². The molecule has 1 saturated carbocycles. The molecule has 0 bridgehead atoms. The summed E-state index contributed by atoms with van der Waals surface area (Å²) in [4.78, 5) is 11.1. The van der Waals surface area contributed by atoms with Gasteiger partial charge in [-0.2, -0.15) is 0 Å². The SMILES string of the molecule is CC1=CC2C(C=C1C(C)C1C=CC(C(=O)O)=CC1)C(C)(C)CCC2(C)C. The third kappa shape index (κ3) is 3.35. The number of carboxylic acids is 1. The summed E-state index contributed by atoms with van der Waals surface area (Å²) in [6.45, 7) is 14.3. The van der Waals surface area contributed by atoms with Crippen LogP contribution in [0.25, 0.3) is 0 Å². The second-order valence-electron chi connectivity index (χ2n) is 10.0. The van der Waals surface area contributed by atoms with Gasteiger partial charge in [0, 0.05) is 0 Å². The Bertz CT molecular complexity index is 714. The van der Waals surface area contributed by atoms with Crippen LogP contribution < -0.4 is 0 Å². The fraction of sp³-hybridized carbons (Fsp3) is 0.625. The van der Waals surface area contributed by atoms with Gasteiger partial charge < -0.3 is 5.11 Å². The second-order valence-corrected chi connectivity index (χ2v) is 10.0. The first kappa shape index (κ1) is 19.2. The maximum absolute atomic E-state index is 11.1. The quantitative estimate of drug-likeness (QED) is 0.657. The average molecular weight is 355 g/mol. The molecule has 3 rings (SSSR count). The molecule has 0 radical (unpaired) electrons. The Hall–Kier alpha value is -1.57. The van der Waals surface area contributed by atoms with Crippen molar-refractivity contribution in [2.24, 2.45) is 34.5 Å². The number of rotatable bonds is 3. The van der Waals surface area contributed by atoms with Crippen molar-refractivity contribution in [1.29, 1.82) is 0 Å². The van der Waals surface area contributed by atoms with Gasteiger partial charge in [-0.25, -0.2) is 4.79 Å². The van der Waals surface area contributed by atoms with E-state index in [0.717, 1.165) is 6.42 Å². The Morgan fingerprint density at radius 3 is 2.19 bits per heavy atom. The average Bonchev–Trinajstić information content (AvgIpc) is 2.58. The van der Waals surface area contributed by atoms with E-state index < -0.39 is 5.97 Å². The fourth-order valence-electron chi connectivity index (χ4n) is 5.21. The Morgan fingerprint density at radius 1 is 1.12 bits per heavy atom. The van der Waals surface area contributed by atoms with Crippen LogP contribution in [-0.2, 0) is 4.79 Å². The molecule has 0 heterocycles. The molecule has 1 fully saturated rings. The maximum Gasteiger partial charge on any atom is 0.335 e. The lowest BCUT2D eigenvalue weighted by atomic mass is 9.52. The molecule has 0 aromatic rings. The van der Waals surface area contributed by atoms with Crippen LogP contribution in [0.4, 0.5) is 0 Å². The molecule has 0 amide bonds. The van der Waals surface area contributed by atoms with E-state index >= 15 is 0 Å². The minimum absolute atomic E-state index is 0.334. The van der Waals surface area contributed by atoms with Crippen LogP contribution in [0.15, 0.2) is 47.1 Å². The first-order valence-electron chi connectivity index (χ1n) is 10.0. The van der Waals surface area contributed by atoms with Gasteiger partial charge in [0.1, 0.15) is 0 Å². The summed E-state index contributed by atoms with van der Waals surface area (Å²) in [6.07, 6.45) is 14.3. The van der Waals surface area contributed by atoms with Crippen molar-refractivity contribution in [2.45, 2.75) is 60.8 Å². The standard InChI is InChI=1S/C24H34O2/c1-15-13-20-21(24(5,6)12-11-23(20,3)4)14-19(15)16(2)17-7-9-18(10-8-17)22(25)26/h7,9-10,13-14,16-17,20-21H,8,11-12H2,1-6H3,(H,25,26). The van der Waals surface area contributed by atoms with Gasteiger partial charge in [0.05, 0.1) is 5.57 Å². The summed E-state index contributed by atoms with van der Waals surface area (Å²) in [5.41, 5.74) is 4.01. The van der Waals surface area contributed by atoms with Crippen LogP contribution in [-0.4, -0.2) is 11.1 Å². The Balaban J connectivity index is 1.87. The van der Waals surface area contributed by atoms with E-state index in [1.165, 1.54) is 24.0 Å². The van der Waals surface area contributed by atoms with Gasteiger partial charge in [0.15, 0.2) is 0 Å². The molecule has 0 aromatic carbocycles. The molecule has 3 aliphatic rings. The summed E-state index contributed by atoms with van der Waals surface area (Å²) in [5, 5.41) is 9.15. The van der Waals surface area contributed by atoms with Gasteiger partial charge in [0.2, 0.25) is 0 Å². The lowest BCUT2D eigenvalue weighted by Crippen LogP contribution is -2.44. The molecule has 26 heavy (non-hydrogen) atoms. The maximum atomic E-state index is 11.1. The van der Waals surface area contributed by atoms with E-state index in [9.17, 15) is 4.79 Å². The van der Waals surface area contributed by atoms with Crippen molar-refractivity contribution in [1.82, 2.24) is 0 Å². The number of hydrogen-bond donors (Lipinski definition) is 1. The lowest BCUT2D eigenvalue weighted by molar-refractivity contribution is -0.132. The molecule has 4 unspecified atom stereocenters. The highest BCUT2D eigenvalue weighted by molar-refractivity contribution is 5.90. The largest absolute Gasteiger partial charge is 0.478 e. The van der Waals surface area contributed by atoms with Gasteiger partial charge in [0.25, 0.3) is 0 Å². The molecule has 2 heteroatoms. The molecule has 2 nitrogen and oxygen atoms in total. The zero-order valence-electron chi connectivity index (χ0n) is 17.2. The van der Waals surface area contributed by atoms with E-state index in [-0.39, 0.29) is 0 Å². The van der Waals surface area contributed by atoms with E-state index in [0.29, 0.717) is 40.1 Å². The van der Waals surface area contributed by atoms with Gasteiger partial charge >= 0.3 is 5.97 Å². The predicted octanol–water partition coefficient (Wildman–Crippen LogP) is 6.17. The summed E-state index contributed by atoms with van der Waals surface area (Å²) >= 11 is 0. The van der Waals surface area contributed by atoms with Crippen LogP contribution in [0.3, 0.4) is 0 Å². The van der Waals surface area contributed by atoms with E-state index in [1.54, 1.807) is 6.08 Å². The smallest absolute Gasteiger partial charge is 0.335 e. The Labute approximate surface area is 158 Å². The van der Waals surface area contributed by atoms with Crippen molar-refractivity contribution in [3.05, 3.63) is 47.1 Å². The molecule has 0 aliphatic heterocycles. The minimum Gasteiger partial charge on any atom is -0.478 e. The highest BCUT2D eigenvalue weighted by Crippen LogP contribution is 2.56. The molecule has 0 aromatic heterocycles. The highest BCUT2D eigenvalue weighted by Gasteiger charge is 2.47. The van der Waals surface area contributed by atoms with E-state index in [4.69, 9.17) is 5.11 Å². The summed E-state index contributed by atoms with van der Waals surface area (Å²) < 4.78 is 0. The molecular weight excluding hydrogens is 320 g/mol. The first-order valence-corrected chi connectivity index (χ1v) is 10.0. The minimum atomic E-state index is -0.825. The first-order chi connectivity index (χ1) is 12.0. The number of aliphatic carboxylic acids is 1. The summed E-state index contributed by atoms with van der Waals surface area (Å²) in [5.74, 6) is 1.17. The third-order valence-electron chi connectivity index (χ3n) is 7.36. The van der Waals surface area contributed by atoms with E-state index in [2.05, 4.69) is 59.8 Å². The van der Waals surface area contributed by atoms with Gasteiger partial charge in [-0.05, 0) is 66.3 Å². The van der Waals surface area contributed by atoms with Crippen molar-refractivity contribution >= 4 is 5.97 Å². The zero-order chi connectivity index (χ0) is 19.3. The van der Waals surface area contributed by atoms with Gasteiger partial charge in [-0.3, -0.25) is 0 Å². The Kier molecular flexibility index (Phi) is 4.83. The predicted molar refractivity (Wildman–Crippen MR) is 108 cm³/mol. The fourth-order valence-corrected chi connectivity index (χ4v) is 5.21. The Morgan fingerprint density at radius 2 is 1.69 bits per heavy atom. The highest BCUT2D eigenvalue weighted by atomic mass is 16.4. The number of hydrogen-bond acceptors (Lipinski definition) is 1. The van der Waals surface area contributed by atoms with Crippen LogP contribution in [0.1, 0.15) is 60.8 Å². The van der Waals surface area contributed by atoms with Crippen LogP contribution in [0.5, 0.6) is 0 Å². The molecule has 0 saturated heterocycles. The summed E-state index contributed by atoms with van der Waals surface area (Å²) in [7, 11) is 0. The van der Waals surface area contributed by atoms with Crippen LogP contribution in [0, 0.1) is 34.5 Å². The molecule has 3 aliphatic carbocycles. The molecule has 1 N–H and O–H groups in total. The van der Waals surface area contributed by atoms with E-state index in [1.807, 2.05) is 6.08 Å². The summed E-state index contributed by atoms with van der Waals surface area (Å²) in [6, 6.07) is 0. The number of allylic oxidation sites excluding steroid dienone is 6. The van der Waals surface area contributed by atoms with Gasteiger partial charge in [-0.15, -0.1) is 0 Å². The molecule has 0 spiro atoms. The number of fused-ring (bicyclic) bond motifs is 1. The monoisotopic (exact) mass is 354 g/mol. The number of carbonyl (C=O) groups is 1. The van der Waals surface area contributed by atoms with Crippen LogP contribution in [0.2, 0.25) is 0 Å².